The maximum Gasteiger partial charge on any atom is 0.344 e. The maximum absolute atomic E-state index is 12.6. The van der Waals surface area contributed by atoms with Crippen LogP contribution in [0.1, 0.15) is 112 Å². The number of aliphatic carboxylic acids is 1. The van der Waals surface area contributed by atoms with Crippen LogP contribution in [-0.4, -0.2) is 84.7 Å². The number of esters is 2. The average molecular weight is 879 g/mol. The van der Waals surface area contributed by atoms with Crippen molar-refractivity contribution in [3.05, 3.63) is 82.4 Å². The molecule has 4 aromatic rings. The SMILES string of the molecule is CC(C)(C)OC(=O)COc1ccc(CC(=O)O)cc1.CCCc1nn(C)c(C(N)=O)c1N.CCCc1nn(C)c(C(N)=O)c1NC(=O)Cc1ccc(OCC(=O)OC(C)(C)C)cc1. The van der Waals surface area contributed by atoms with Gasteiger partial charge in [-0.15, -0.1) is 0 Å². The number of primary amides is 2. The van der Waals surface area contributed by atoms with Crippen LogP contribution in [0.2, 0.25) is 0 Å². The Morgan fingerprint density at radius 2 is 1.05 bits per heavy atom. The van der Waals surface area contributed by atoms with E-state index in [2.05, 4.69) is 15.5 Å². The van der Waals surface area contributed by atoms with Gasteiger partial charge in [-0.05, 0) is 89.8 Å². The molecule has 19 heteroatoms. The first-order valence-electron chi connectivity index (χ1n) is 20.2. The molecule has 3 amide bonds. The van der Waals surface area contributed by atoms with E-state index in [1.54, 1.807) is 104 Å². The third-order valence-electron chi connectivity index (χ3n) is 8.11. The summed E-state index contributed by atoms with van der Waals surface area (Å²) in [5.41, 5.74) is 19.2. The molecule has 0 atom stereocenters. The van der Waals surface area contributed by atoms with Crippen LogP contribution in [-0.2, 0) is 68.4 Å². The Hall–Kier alpha value is -6.92. The zero-order valence-electron chi connectivity index (χ0n) is 37.8. The third-order valence-corrected chi connectivity index (χ3v) is 8.11. The van der Waals surface area contributed by atoms with Gasteiger partial charge in [0.25, 0.3) is 11.8 Å². The molecule has 0 bridgehead atoms. The van der Waals surface area contributed by atoms with Crippen molar-refractivity contribution in [1.82, 2.24) is 19.6 Å². The quantitative estimate of drug-likeness (QED) is 0.0916. The van der Waals surface area contributed by atoms with Gasteiger partial charge in [0.05, 0.1) is 35.6 Å². The summed E-state index contributed by atoms with van der Waals surface area (Å²) in [7, 11) is 3.28. The Morgan fingerprint density at radius 3 is 1.43 bits per heavy atom. The van der Waals surface area contributed by atoms with E-state index in [9.17, 15) is 28.8 Å². The second kappa shape index (κ2) is 23.9. The first kappa shape index (κ1) is 52.2. The van der Waals surface area contributed by atoms with Crippen molar-refractivity contribution < 1.29 is 52.8 Å². The lowest BCUT2D eigenvalue weighted by Crippen LogP contribution is -2.27. The fourth-order valence-electron chi connectivity index (χ4n) is 5.69. The Balaban J connectivity index is 0.000000361. The number of anilines is 2. The molecule has 19 nitrogen and oxygen atoms in total. The number of carboxylic acid groups (broad SMARTS) is 1. The van der Waals surface area contributed by atoms with E-state index in [1.165, 1.54) is 9.36 Å². The highest BCUT2D eigenvalue weighted by Crippen LogP contribution is 2.23. The topological polar surface area (TPSA) is 285 Å². The minimum atomic E-state index is -0.887. The number of ether oxygens (including phenoxy) is 4. The van der Waals surface area contributed by atoms with Gasteiger partial charge in [-0.25, -0.2) is 9.59 Å². The van der Waals surface area contributed by atoms with E-state index < -0.39 is 40.9 Å². The molecule has 0 fully saturated rings. The van der Waals surface area contributed by atoms with Crippen molar-refractivity contribution in [1.29, 1.82) is 0 Å². The molecule has 0 aliphatic heterocycles. The lowest BCUT2D eigenvalue weighted by atomic mass is 10.1. The van der Waals surface area contributed by atoms with Crippen LogP contribution in [0.4, 0.5) is 11.4 Å². The molecule has 63 heavy (non-hydrogen) atoms. The number of nitrogen functional groups attached to an aromatic ring is 1. The number of aromatic nitrogens is 4. The summed E-state index contributed by atoms with van der Waals surface area (Å²) in [6.45, 7) is 14.3. The molecule has 344 valence electrons. The van der Waals surface area contributed by atoms with E-state index in [-0.39, 0.29) is 37.7 Å². The van der Waals surface area contributed by atoms with Gasteiger partial charge >= 0.3 is 17.9 Å². The van der Waals surface area contributed by atoms with Crippen LogP contribution in [0, 0.1) is 0 Å². The molecule has 8 N–H and O–H groups in total. The van der Waals surface area contributed by atoms with Crippen molar-refractivity contribution >= 4 is 47.0 Å². The Morgan fingerprint density at radius 1 is 0.651 bits per heavy atom. The van der Waals surface area contributed by atoms with E-state index >= 15 is 0 Å². The van der Waals surface area contributed by atoms with Crippen molar-refractivity contribution in [2.24, 2.45) is 25.6 Å². The van der Waals surface area contributed by atoms with Crippen LogP contribution in [0.15, 0.2) is 48.5 Å². The van der Waals surface area contributed by atoms with Gasteiger partial charge < -0.3 is 46.6 Å². The first-order valence-corrected chi connectivity index (χ1v) is 20.2. The predicted octanol–water partition coefficient (Wildman–Crippen LogP) is 4.46. The zero-order valence-corrected chi connectivity index (χ0v) is 37.8. The van der Waals surface area contributed by atoms with Crippen molar-refractivity contribution in [3.8, 4) is 11.5 Å². The van der Waals surface area contributed by atoms with Crippen molar-refractivity contribution in [3.63, 3.8) is 0 Å². The first-order chi connectivity index (χ1) is 29.3. The van der Waals surface area contributed by atoms with Crippen LogP contribution in [0.3, 0.4) is 0 Å². The van der Waals surface area contributed by atoms with Gasteiger partial charge in [-0.3, -0.25) is 28.5 Å². The number of aryl methyl sites for hydroxylation is 4. The van der Waals surface area contributed by atoms with E-state index in [0.717, 1.165) is 30.5 Å². The average Bonchev–Trinajstić information content (AvgIpc) is 3.62. The van der Waals surface area contributed by atoms with E-state index in [4.69, 9.17) is 41.3 Å². The highest BCUT2D eigenvalue weighted by atomic mass is 16.6. The molecular weight excluding hydrogens is 817 g/mol. The number of carbonyl (C=O) groups excluding carboxylic acids is 5. The molecule has 0 aliphatic rings. The number of nitrogens with one attached hydrogen (secondary N) is 1. The van der Waals surface area contributed by atoms with E-state index in [1.807, 2.05) is 13.8 Å². The van der Waals surface area contributed by atoms with Gasteiger partial charge in [-0.1, -0.05) is 51.0 Å². The molecule has 0 spiro atoms. The number of benzene rings is 2. The molecule has 4 rings (SSSR count). The normalized spacial score (nSPS) is 10.9. The van der Waals surface area contributed by atoms with Crippen molar-refractivity contribution in [2.45, 2.75) is 105 Å². The monoisotopic (exact) mass is 878 g/mol. The van der Waals surface area contributed by atoms with Crippen LogP contribution in [0.25, 0.3) is 0 Å². The molecule has 0 radical (unpaired) electrons. The number of carboxylic acids is 1. The van der Waals surface area contributed by atoms with Gasteiger partial charge in [0.15, 0.2) is 13.2 Å². The minimum absolute atomic E-state index is 0.0354. The van der Waals surface area contributed by atoms with E-state index in [0.29, 0.717) is 46.2 Å². The number of hydrogen-bond donors (Lipinski definition) is 5. The summed E-state index contributed by atoms with van der Waals surface area (Å²) in [6.07, 6.45) is 3.19. The fraction of sp³-hybridized carbons (Fsp3) is 0.455. The zero-order chi connectivity index (χ0) is 47.7. The molecular formula is C44H62N8O11. The number of rotatable bonds is 17. The molecule has 0 saturated carbocycles. The molecule has 0 aliphatic carbocycles. The standard InChI is InChI=1S/C22H30N4O5.C14H18O5.C8H14N4O/c1-6-7-16-19(20(21(23)29)26(5)25-16)24-17(27)12-14-8-10-15(11-9-14)30-13-18(28)31-22(2,3)4;1-14(2,3)19-13(17)9-18-11-6-4-10(5-7-11)8-12(15)16;1-3-4-5-6(9)7(8(10)13)12(2)11-5/h8-11H,6-7,12-13H2,1-5H3,(H2,23,29)(H,24,27);4-7H,8-9H2,1-3H3,(H,15,16);3-4,9H2,1-2H3,(H2,10,13). The summed E-state index contributed by atoms with van der Waals surface area (Å²) in [5, 5.41) is 19.8. The number of carbonyl (C=O) groups is 6. The highest BCUT2D eigenvalue weighted by Gasteiger charge is 2.22. The summed E-state index contributed by atoms with van der Waals surface area (Å²) >= 11 is 0. The van der Waals surface area contributed by atoms with Crippen LogP contribution in [0.5, 0.6) is 11.5 Å². The molecule has 2 heterocycles. The molecule has 2 aromatic heterocycles. The number of hydrogen-bond acceptors (Lipinski definition) is 13. The number of nitrogens with zero attached hydrogens (tertiary/aromatic N) is 4. The lowest BCUT2D eigenvalue weighted by Gasteiger charge is -2.19. The second-order valence-corrected chi connectivity index (χ2v) is 16.2. The lowest BCUT2D eigenvalue weighted by molar-refractivity contribution is -0.158. The molecule has 0 unspecified atom stereocenters. The second-order valence-electron chi connectivity index (χ2n) is 16.2. The molecule has 0 saturated heterocycles. The van der Waals surface area contributed by atoms with Gasteiger partial charge in [-0.2, -0.15) is 10.2 Å². The van der Waals surface area contributed by atoms with Crippen LogP contribution >= 0.6 is 0 Å². The van der Waals surface area contributed by atoms with Gasteiger partial charge in [0.1, 0.15) is 34.1 Å². The predicted molar refractivity (Wildman–Crippen MR) is 235 cm³/mol. The summed E-state index contributed by atoms with van der Waals surface area (Å²) < 4.78 is 23.8. The largest absolute Gasteiger partial charge is 0.482 e. The summed E-state index contributed by atoms with van der Waals surface area (Å²) in [5.74, 6) is -2.28. The summed E-state index contributed by atoms with van der Waals surface area (Å²) in [6, 6.07) is 13.4. The Bertz CT molecular complexity index is 2180. The minimum Gasteiger partial charge on any atom is -0.482 e. The van der Waals surface area contributed by atoms with Crippen molar-refractivity contribution in [2.75, 3.05) is 24.3 Å². The number of nitrogens with two attached hydrogens (primary N) is 3. The van der Waals surface area contributed by atoms with Crippen LogP contribution < -0.4 is 32.0 Å². The fourth-order valence-corrected chi connectivity index (χ4v) is 5.69. The summed E-state index contributed by atoms with van der Waals surface area (Å²) in [4.78, 5) is 68.9. The van der Waals surface area contributed by atoms with Gasteiger partial charge in [0.2, 0.25) is 5.91 Å². The highest BCUT2D eigenvalue weighted by molar-refractivity contribution is 6.03. The third kappa shape index (κ3) is 18.7. The Labute approximate surface area is 367 Å². The Kier molecular flexibility index (Phi) is 19.8. The molecule has 2 aromatic carbocycles. The smallest absolute Gasteiger partial charge is 0.344 e. The van der Waals surface area contributed by atoms with Gasteiger partial charge in [0, 0.05) is 14.1 Å². The number of amides is 3. The maximum atomic E-state index is 12.6.